The zero-order valence-electron chi connectivity index (χ0n) is 37.0. The lowest BCUT2D eigenvalue weighted by Gasteiger charge is -2.60. The third-order valence-electron chi connectivity index (χ3n) is 12.6. The molecule has 4 aromatic carbocycles. The number of rotatable bonds is 22. The number of halogens is 1. The maximum absolute atomic E-state index is 15.0. The minimum absolute atomic E-state index is 0.00616. The van der Waals surface area contributed by atoms with Crippen LogP contribution in [0.4, 0.5) is 10.1 Å². The van der Waals surface area contributed by atoms with Crippen molar-refractivity contribution in [1.82, 2.24) is 4.90 Å². The quantitative estimate of drug-likeness (QED) is 0.0193. The molecule has 0 bridgehead atoms. The number of carbonyl (C=O) groups excluding carboxylic acids is 2. The predicted octanol–water partition coefficient (Wildman–Crippen LogP) is 9.73. The van der Waals surface area contributed by atoms with Crippen LogP contribution in [-0.2, 0) is 20.9 Å². The van der Waals surface area contributed by atoms with Crippen LogP contribution in [-0.4, -0.2) is 76.2 Å². The lowest BCUT2D eigenvalue weighted by molar-refractivity contribution is -0.384. The van der Waals surface area contributed by atoms with Gasteiger partial charge in [0.25, 0.3) is 5.69 Å². The number of allylic oxidation sites excluding steroid dienone is 1. The second-order valence-corrected chi connectivity index (χ2v) is 16.8. The van der Waals surface area contributed by atoms with Gasteiger partial charge in [-0.15, -0.1) is 6.58 Å². The standard InChI is InChI=1S/C52H56FN3O10/c1-3-28-63-52-48(55(33-36-14-19-39(53)20-15-36)49(60)25-18-35-16-21-40(22-17-35)56(61)62)32-46(54-64-4-2)44-30-38(11-5-7-26-57)43(13-6-8-27-58)50(51(44)52)45-31-42(23-24-47(45)66-52)65-41-12-9-10-37(29-41)34-59/h3,9-10,12,14-25,29-31,34,38,43,48,50-51,57-58H,1,4-8,11,13,26-28,32-33H2,2H3. The molecule has 6 atom stereocenters. The lowest BCUT2D eigenvalue weighted by atomic mass is 9.55. The Bertz CT molecular complexity index is 2440. The third kappa shape index (κ3) is 10.6. The number of oxime groups is 1. The highest BCUT2D eigenvalue weighted by molar-refractivity contribution is 6.03. The average Bonchev–Trinajstić information content (AvgIpc) is 3.33. The molecule has 1 aliphatic heterocycles. The number of nitro benzene ring substituents is 1. The fraction of sp³-hybridized carbons (Fsp3) is 0.365. The van der Waals surface area contributed by atoms with Crippen LogP contribution in [0, 0.1) is 33.7 Å². The van der Waals surface area contributed by atoms with Gasteiger partial charge in [0.15, 0.2) is 0 Å². The fourth-order valence-corrected chi connectivity index (χ4v) is 9.74. The van der Waals surface area contributed by atoms with Crippen molar-refractivity contribution in [3.63, 3.8) is 0 Å². The van der Waals surface area contributed by atoms with Gasteiger partial charge in [-0.1, -0.05) is 54.4 Å². The van der Waals surface area contributed by atoms with Crippen molar-refractivity contribution in [3.8, 4) is 17.2 Å². The number of fused-ring (bicyclic) bond motifs is 2. The average molecular weight is 902 g/mol. The number of aldehydes is 1. The Kier molecular flexibility index (Phi) is 15.9. The second kappa shape index (κ2) is 22.1. The van der Waals surface area contributed by atoms with E-state index in [9.17, 15) is 29.5 Å². The molecular weight excluding hydrogens is 846 g/mol. The number of non-ortho nitro benzene ring substituents is 1. The van der Waals surface area contributed by atoms with Gasteiger partial charge in [-0.05, 0) is 122 Å². The Morgan fingerprint density at radius 3 is 2.42 bits per heavy atom. The number of hydrogen-bond donors (Lipinski definition) is 2. The number of unbranched alkanes of at least 4 members (excludes halogenated alkanes) is 2. The Hall–Kier alpha value is -6.48. The van der Waals surface area contributed by atoms with E-state index in [1.54, 1.807) is 71.6 Å². The Morgan fingerprint density at radius 2 is 1.73 bits per heavy atom. The van der Waals surface area contributed by atoms with Crippen molar-refractivity contribution in [3.05, 3.63) is 160 Å². The molecule has 66 heavy (non-hydrogen) atoms. The molecule has 1 amide bonds. The van der Waals surface area contributed by atoms with Crippen LogP contribution in [0.25, 0.3) is 6.08 Å². The van der Waals surface area contributed by atoms with E-state index in [0.29, 0.717) is 52.5 Å². The van der Waals surface area contributed by atoms with Gasteiger partial charge in [-0.3, -0.25) is 19.7 Å². The van der Waals surface area contributed by atoms with E-state index in [-0.39, 0.29) is 62.8 Å². The number of ether oxygens (including phenoxy) is 3. The van der Waals surface area contributed by atoms with E-state index in [2.05, 4.69) is 12.7 Å². The molecule has 0 spiro atoms. The van der Waals surface area contributed by atoms with Crippen molar-refractivity contribution >= 4 is 29.7 Å². The molecule has 7 rings (SSSR count). The molecule has 346 valence electrons. The van der Waals surface area contributed by atoms with E-state index >= 15 is 4.79 Å². The monoisotopic (exact) mass is 901 g/mol. The van der Waals surface area contributed by atoms with Crippen LogP contribution in [0.1, 0.15) is 84.8 Å². The maximum atomic E-state index is 15.0. The van der Waals surface area contributed by atoms with Crippen molar-refractivity contribution in [2.24, 2.45) is 22.9 Å². The molecule has 2 aliphatic carbocycles. The highest BCUT2D eigenvalue weighted by atomic mass is 19.1. The first-order valence-corrected chi connectivity index (χ1v) is 22.5. The van der Waals surface area contributed by atoms with E-state index in [1.807, 2.05) is 19.1 Å². The highest BCUT2D eigenvalue weighted by Gasteiger charge is 2.65. The minimum Gasteiger partial charge on any atom is -0.459 e. The number of nitrogens with zero attached hydrogens (tertiary/aromatic N) is 3. The summed E-state index contributed by atoms with van der Waals surface area (Å²) in [5.74, 6) is -1.94. The number of hydrogen-bond acceptors (Lipinski definition) is 11. The van der Waals surface area contributed by atoms with Gasteiger partial charge in [0.2, 0.25) is 11.7 Å². The summed E-state index contributed by atoms with van der Waals surface area (Å²) in [7, 11) is 0. The summed E-state index contributed by atoms with van der Waals surface area (Å²) in [5, 5.41) is 36.0. The number of nitro groups is 1. The smallest absolute Gasteiger partial charge is 0.269 e. The fourth-order valence-electron chi connectivity index (χ4n) is 9.74. The van der Waals surface area contributed by atoms with Crippen molar-refractivity contribution in [2.75, 3.05) is 26.4 Å². The van der Waals surface area contributed by atoms with Gasteiger partial charge in [-0.2, -0.15) is 0 Å². The molecule has 13 nitrogen and oxygen atoms in total. The summed E-state index contributed by atoms with van der Waals surface area (Å²) in [5.41, 5.74) is 3.89. The molecule has 0 aromatic heterocycles. The van der Waals surface area contributed by atoms with Gasteiger partial charge in [-0.25, -0.2) is 4.39 Å². The molecule has 0 saturated heterocycles. The number of amides is 1. The number of carbonyl (C=O) groups is 2. The molecule has 14 heteroatoms. The molecule has 3 aliphatic rings. The SMILES string of the molecule is C=CCOC12Oc3ccc(Oc4cccc(C=O)c4)cc3C3C(CCCCO)C(CCCCO)C=C(C(=NOCC)CC1N(Cc1ccc(F)cc1)C(=O)C=Cc1ccc([N+](=O)[O-])cc1)C32. The Morgan fingerprint density at radius 1 is 0.985 bits per heavy atom. The maximum Gasteiger partial charge on any atom is 0.269 e. The van der Waals surface area contributed by atoms with E-state index in [4.69, 9.17) is 24.2 Å². The molecule has 2 N–H and O–H groups in total. The Balaban J connectivity index is 1.44. The van der Waals surface area contributed by atoms with Crippen molar-refractivity contribution < 1.29 is 48.2 Å². The highest BCUT2D eigenvalue weighted by Crippen LogP contribution is 2.62. The number of benzene rings is 4. The van der Waals surface area contributed by atoms with Crippen LogP contribution in [0.5, 0.6) is 17.2 Å². The lowest BCUT2D eigenvalue weighted by Crippen LogP contribution is -2.70. The zero-order valence-corrected chi connectivity index (χ0v) is 37.0. The first-order valence-electron chi connectivity index (χ1n) is 22.5. The number of aliphatic hydroxyl groups excluding tert-OH is 2. The van der Waals surface area contributed by atoms with Gasteiger partial charge in [0.05, 0.1) is 23.2 Å². The predicted molar refractivity (Wildman–Crippen MR) is 248 cm³/mol. The van der Waals surface area contributed by atoms with E-state index in [0.717, 1.165) is 43.1 Å². The summed E-state index contributed by atoms with van der Waals surface area (Å²) < 4.78 is 35.2. The summed E-state index contributed by atoms with van der Waals surface area (Å²) in [4.78, 5) is 45.1. The summed E-state index contributed by atoms with van der Waals surface area (Å²) in [6.07, 6.45) is 12.0. The Labute approximate surface area is 384 Å². The topological polar surface area (TPSA) is 170 Å². The largest absolute Gasteiger partial charge is 0.459 e. The summed E-state index contributed by atoms with van der Waals surface area (Å²) in [6.45, 7) is 6.26. The molecule has 1 saturated carbocycles. The van der Waals surface area contributed by atoms with E-state index in [1.165, 1.54) is 30.3 Å². The van der Waals surface area contributed by atoms with Crippen molar-refractivity contribution in [2.45, 2.75) is 76.2 Å². The van der Waals surface area contributed by atoms with Crippen molar-refractivity contribution in [1.29, 1.82) is 0 Å². The third-order valence-corrected chi connectivity index (χ3v) is 12.6. The molecular formula is C52H56FN3O10. The van der Waals surface area contributed by atoms with Crippen LogP contribution >= 0.6 is 0 Å². The van der Waals surface area contributed by atoms with Crippen LogP contribution in [0.2, 0.25) is 0 Å². The van der Waals surface area contributed by atoms with Crippen LogP contribution in [0.15, 0.2) is 127 Å². The normalized spacial score (nSPS) is 22.4. The molecule has 4 aromatic rings. The zero-order chi connectivity index (χ0) is 46.6. The molecule has 6 unspecified atom stereocenters. The van der Waals surface area contributed by atoms with E-state index < -0.39 is 34.4 Å². The van der Waals surface area contributed by atoms with Gasteiger partial charge in [0, 0.05) is 61.4 Å². The summed E-state index contributed by atoms with van der Waals surface area (Å²) >= 11 is 0. The second-order valence-electron chi connectivity index (χ2n) is 16.8. The first-order chi connectivity index (χ1) is 32.1. The number of aliphatic hydroxyl groups is 2. The molecule has 0 radical (unpaired) electrons. The van der Waals surface area contributed by atoms with Gasteiger partial charge >= 0.3 is 0 Å². The van der Waals surface area contributed by atoms with Gasteiger partial charge in [0.1, 0.15) is 42.0 Å². The van der Waals surface area contributed by atoms with Crippen LogP contribution < -0.4 is 9.47 Å². The minimum atomic E-state index is -1.58. The van der Waals surface area contributed by atoms with Crippen LogP contribution in [0.3, 0.4) is 0 Å². The molecule has 1 heterocycles. The first kappa shape index (κ1) is 47.5. The van der Waals surface area contributed by atoms with Gasteiger partial charge < -0.3 is 34.2 Å². The molecule has 1 fully saturated rings. The summed E-state index contributed by atoms with van der Waals surface area (Å²) in [6, 6.07) is 23.4.